The summed E-state index contributed by atoms with van der Waals surface area (Å²) in [6.07, 6.45) is 9.74. The van der Waals surface area contributed by atoms with Crippen LogP contribution < -0.4 is 0 Å². The van der Waals surface area contributed by atoms with Crippen LogP contribution >= 0.6 is 0 Å². The monoisotopic (exact) mass is 358 g/mol. The van der Waals surface area contributed by atoms with Crippen molar-refractivity contribution < 1.29 is 22.8 Å². The molecule has 5 nitrogen and oxygen atoms in total. The van der Waals surface area contributed by atoms with Crippen LogP contribution in [-0.4, -0.2) is 41.2 Å². The van der Waals surface area contributed by atoms with Gasteiger partial charge in [0.2, 0.25) is 0 Å². The first-order valence-electron chi connectivity index (χ1n) is 9.41. The third-order valence-electron chi connectivity index (χ3n) is 4.18. The lowest BCUT2D eigenvalue weighted by Gasteiger charge is -2.25. The third-order valence-corrected chi connectivity index (χ3v) is 6.90. The molecule has 0 aromatic heterocycles. The zero-order chi connectivity index (χ0) is 17.7. The second kappa shape index (κ2) is 12.6. The van der Waals surface area contributed by atoms with Crippen molar-refractivity contribution in [1.82, 2.24) is 0 Å². The fourth-order valence-corrected chi connectivity index (χ4v) is 5.21. The topological polar surface area (TPSA) is 54.0 Å². The summed E-state index contributed by atoms with van der Waals surface area (Å²) in [7, 11) is -2.78. The van der Waals surface area contributed by atoms with Crippen molar-refractivity contribution in [3.63, 3.8) is 0 Å². The van der Waals surface area contributed by atoms with Gasteiger partial charge >= 0.3 is 14.8 Å². The van der Waals surface area contributed by atoms with Crippen LogP contribution in [0, 0.1) is 5.92 Å². The van der Waals surface area contributed by atoms with Crippen molar-refractivity contribution in [2.75, 3.05) is 26.4 Å². The molecule has 0 aromatic rings. The van der Waals surface area contributed by atoms with E-state index >= 15 is 0 Å². The van der Waals surface area contributed by atoms with E-state index < -0.39 is 8.80 Å². The van der Waals surface area contributed by atoms with Gasteiger partial charge < -0.3 is 18.0 Å². The van der Waals surface area contributed by atoms with Gasteiger partial charge in [-0.1, -0.05) is 32.1 Å². The van der Waals surface area contributed by atoms with E-state index in [1.807, 2.05) is 26.5 Å². The SMILES string of the molecule is CCO[Si](/C=C/COC(=O)CCC1CCCCC1)(OCC)OCC. The quantitative estimate of drug-likeness (QED) is 0.389. The molecule has 1 aliphatic rings. The summed E-state index contributed by atoms with van der Waals surface area (Å²) in [5, 5.41) is 0. The number of carbonyl (C=O) groups excluding carboxylic acids is 1. The largest absolute Gasteiger partial charge is 0.529 e. The lowest BCUT2D eigenvalue weighted by Crippen LogP contribution is -2.44. The minimum atomic E-state index is -2.78. The minimum Gasteiger partial charge on any atom is -0.461 e. The first-order valence-corrected chi connectivity index (χ1v) is 11.2. The molecule has 0 N–H and O–H groups in total. The number of rotatable bonds is 12. The molecule has 24 heavy (non-hydrogen) atoms. The van der Waals surface area contributed by atoms with Gasteiger partial charge in [0.25, 0.3) is 0 Å². The molecule has 0 saturated heterocycles. The van der Waals surface area contributed by atoms with E-state index in [1.165, 1.54) is 32.1 Å². The number of hydrogen-bond donors (Lipinski definition) is 0. The van der Waals surface area contributed by atoms with E-state index in [9.17, 15) is 4.79 Å². The van der Waals surface area contributed by atoms with Crippen LogP contribution in [0.5, 0.6) is 0 Å². The average molecular weight is 359 g/mol. The van der Waals surface area contributed by atoms with E-state index in [4.69, 9.17) is 18.0 Å². The van der Waals surface area contributed by atoms with E-state index in [2.05, 4.69) is 0 Å². The molecule has 140 valence electrons. The summed E-state index contributed by atoms with van der Waals surface area (Å²) >= 11 is 0. The predicted molar refractivity (Wildman–Crippen MR) is 96.5 cm³/mol. The summed E-state index contributed by atoms with van der Waals surface area (Å²) in [5.74, 6) is 0.581. The maximum atomic E-state index is 11.8. The zero-order valence-electron chi connectivity index (χ0n) is 15.6. The van der Waals surface area contributed by atoms with Crippen LogP contribution in [0.2, 0.25) is 0 Å². The van der Waals surface area contributed by atoms with E-state index in [0.717, 1.165) is 6.42 Å². The Morgan fingerprint density at radius 3 is 2.12 bits per heavy atom. The van der Waals surface area contributed by atoms with Crippen LogP contribution in [0.3, 0.4) is 0 Å². The molecule has 1 saturated carbocycles. The molecule has 0 unspecified atom stereocenters. The van der Waals surface area contributed by atoms with Crippen molar-refractivity contribution in [1.29, 1.82) is 0 Å². The van der Waals surface area contributed by atoms with Gasteiger partial charge in [0.15, 0.2) is 0 Å². The Kier molecular flexibility index (Phi) is 11.2. The Balaban J connectivity index is 2.33. The summed E-state index contributed by atoms with van der Waals surface area (Å²) in [6.45, 7) is 7.56. The van der Waals surface area contributed by atoms with Gasteiger partial charge in [-0.2, -0.15) is 0 Å². The molecule has 1 rings (SSSR count). The maximum absolute atomic E-state index is 11.8. The normalized spacial score (nSPS) is 16.6. The van der Waals surface area contributed by atoms with Crippen molar-refractivity contribution in [2.24, 2.45) is 5.92 Å². The number of esters is 1. The summed E-state index contributed by atoms with van der Waals surface area (Å²) in [4.78, 5) is 11.8. The van der Waals surface area contributed by atoms with E-state index in [-0.39, 0.29) is 12.6 Å². The molecule has 0 aromatic carbocycles. The summed E-state index contributed by atoms with van der Waals surface area (Å²) in [5.41, 5.74) is 1.82. The lowest BCUT2D eigenvalue weighted by molar-refractivity contribution is -0.142. The van der Waals surface area contributed by atoms with Crippen LogP contribution in [0.1, 0.15) is 65.7 Å². The van der Waals surface area contributed by atoms with Crippen LogP contribution in [0.4, 0.5) is 0 Å². The second-order valence-electron chi connectivity index (χ2n) is 6.03. The Morgan fingerprint density at radius 1 is 1.00 bits per heavy atom. The van der Waals surface area contributed by atoms with E-state index in [0.29, 0.717) is 32.2 Å². The highest BCUT2D eigenvalue weighted by Gasteiger charge is 2.37. The first kappa shape index (κ1) is 21.3. The number of carbonyl (C=O) groups is 1. The Labute approximate surface area is 148 Å². The van der Waals surface area contributed by atoms with Crippen molar-refractivity contribution in [2.45, 2.75) is 65.7 Å². The zero-order valence-corrected chi connectivity index (χ0v) is 16.6. The molecular formula is C18H34O5Si. The molecule has 0 bridgehead atoms. The highest BCUT2D eigenvalue weighted by atomic mass is 28.4. The molecular weight excluding hydrogens is 324 g/mol. The third kappa shape index (κ3) is 8.42. The molecule has 0 aliphatic heterocycles. The van der Waals surface area contributed by atoms with Crippen LogP contribution in [-0.2, 0) is 22.8 Å². The van der Waals surface area contributed by atoms with Gasteiger partial charge in [0.05, 0.1) is 0 Å². The molecule has 0 spiro atoms. The molecule has 0 atom stereocenters. The van der Waals surface area contributed by atoms with Crippen LogP contribution in [0.15, 0.2) is 11.8 Å². The van der Waals surface area contributed by atoms with Gasteiger partial charge in [-0.25, -0.2) is 0 Å². The summed E-state index contributed by atoms with van der Waals surface area (Å²) < 4.78 is 22.4. The highest BCUT2D eigenvalue weighted by molar-refractivity contribution is 6.66. The minimum absolute atomic E-state index is 0.123. The molecule has 6 heteroatoms. The van der Waals surface area contributed by atoms with Gasteiger partial charge in [0.1, 0.15) is 6.61 Å². The molecule has 0 amide bonds. The van der Waals surface area contributed by atoms with Gasteiger partial charge in [-0.3, -0.25) is 4.79 Å². The Bertz CT molecular complexity index is 349. The molecule has 1 aliphatic carbocycles. The van der Waals surface area contributed by atoms with Gasteiger partial charge in [-0.05, 0) is 44.9 Å². The summed E-state index contributed by atoms with van der Waals surface area (Å²) in [6, 6.07) is 0. The van der Waals surface area contributed by atoms with E-state index in [1.54, 1.807) is 6.08 Å². The smallest absolute Gasteiger partial charge is 0.461 e. The average Bonchev–Trinajstić information content (AvgIpc) is 2.59. The standard InChI is InChI=1S/C18H34O5Si/c1-4-21-24(22-5-2,23-6-3)16-10-15-20-18(19)14-13-17-11-8-7-9-12-17/h10,16-17H,4-9,11-15H2,1-3H3/b16-10+. The lowest BCUT2D eigenvalue weighted by atomic mass is 9.86. The Hall–Kier alpha value is -0.693. The predicted octanol–water partition coefficient (Wildman–Crippen LogP) is 4.03. The van der Waals surface area contributed by atoms with Crippen LogP contribution in [0.25, 0.3) is 0 Å². The van der Waals surface area contributed by atoms with Gasteiger partial charge in [0, 0.05) is 26.2 Å². The first-order chi connectivity index (χ1) is 11.7. The molecule has 0 radical (unpaired) electrons. The fourth-order valence-electron chi connectivity index (χ4n) is 3.08. The van der Waals surface area contributed by atoms with Crippen molar-refractivity contribution >= 4 is 14.8 Å². The number of ether oxygens (including phenoxy) is 1. The van der Waals surface area contributed by atoms with Crippen molar-refractivity contribution in [3.05, 3.63) is 11.8 Å². The molecule has 0 heterocycles. The fraction of sp³-hybridized carbons (Fsp3) is 0.833. The number of hydrogen-bond acceptors (Lipinski definition) is 5. The highest BCUT2D eigenvalue weighted by Crippen LogP contribution is 2.27. The van der Waals surface area contributed by atoms with Gasteiger partial charge in [-0.15, -0.1) is 0 Å². The second-order valence-corrected chi connectivity index (χ2v) is 8.44. The van der Waals surface area contributed by atoms with Crippen molar-refractivity contribution in [3.8, 4) is 0 Å². The Morgan fingerprint density at radius 2 is 1.58 bits per heavy atom. The maximum Gasteiger partial charge on any atom is 0.529 e. The molecule has 1 fully saturated rings.